The summed E-state index contributed by atoms with van der Waals surface area (Å²) in [5, 5.41) is 8.26. The molecule has 14 heavy (non-hydrogen) atoms. The summed E-state index contributed by atoms with van der Waals surface area (Å²) < 4.78 is 0.403. The van der Waals surface area contributed by atoms with Crippen LogP contribution in [0.15, 0.2) is 0 Å². The van der Waals surface area contributed by atoms with Gasteiger partial charge in [-0.1, -0.05) is 0 Å². The molecule has 0 atom stereocenters. The maximum atomic E-state index is 7.09. The first-order chi connectivity index (χ1) is 6.77. The molecule has 0 aliphatic rings. The SMILES string of the molecule is CCCCCCCCCC[Se]C(=N)N. The van der Waals surface area contributed by atoms with Crippen molar-refractivity contribution in [2.45, 2.75) is 63.6 Å². The van der Waals surface area contributed by atoms with E-state index >= 15 is 0 Å². The molecule has 0 aromatic heterocycles. The van der Waals surface area contributed by atoms with Crippen LogP contribution in [0.3, 0.4) is 0 Å². The van der Waals surface area contributed by atoms with Gasteiger partial charge in [-0.05, 0) is 0 Å². The summed E-state index contributed by atoms with van der Waals surface area (Å²) in [6.45, 7) is 2.25. The van der Waals surface area contributed by atoms with Gasteiger partial charge in [0.1, 0.15) is 0 Å². The molecule has 0 saturated heterocycles. The summed E-state index contributed by atoms with van der Waals surface area (Å²) in [7, 11) is 0. The van der Waals surface area contributed by atoms with Crippen molar-refractivity contribution in [3.05, 3.63) is 0 Å². The summed E-state index contributed by atoms with van der Waals surface area (Å²) in [5.41, 5.74) is 5.30. The van der Waals surface area contributed by atoms with Gasteiger partial charge in [0, 0.05) is 0 Å². The van der Waals surface area contributed by atoms with Gasteiger partial charge in [0.15, 0.2) is 0 Å². The molecule has 0 amide bonds. The third-order valence-electron chi connectivity index (χ3n) is 2.26. The zero-order valence-corrected chi connectivity index (χ0v) is 11.1. The van der Waals surface area contributed by atoms with E-state index in [0.717, 1.165) is 5.32 Å². The van der Waals surface area contributed by atoms with E-state index in [0.29, 0.717) is 4.73 Å². The molecular formula is C11H24N2Se. The molecule has 0 aromatic rings. The fourth-order valence-corrected chi connectivity index (χ4v) is 2.61. The van der Waals surface area contributed by atoms with Gasteiger partial charge in [-0.15, -0.1) is 0 Å². The molecular weight excluding hydrogens is 239 g/mol. The van der Waals surface area contributed by atoms with E-state index in [1.54, 1.807) is 0 Å². The van der Waals surface area contributed by atoms with Gasteiger partial charge in [0.05, 0.1) is 0 Å². The Morgan fingerprint density at radius 1 is 1.00 bits per heavy atom. The fraction of sp³-hybridized carbons (Fsp3) is 0.909. The molecule has 0 bridgehead atoms. The van der Waals surface area contributed by atoms with Crippen molar-refractivity contribution >= 4 is 19.7 Å². The molecule has 3 heteroatoms. The fourth-order valence-electron chi connectivity index (χ4n) is 1.42. The van der Waals surface area contributed by atoms with Gasteiger partial charge in [0.25, 0.3) is 0 Å². The molecule has 3 N–H and O–H groups in total. The first-order valence-electron chi connectivity index (χ1n) is 5.74. The third kappa shape index (κ3) is 12.0. The molecule has 0 fully saturated rings. The summed E-state index contributed by atoms with van der Waals surface area (Å²) in [6, 6.07) is 0. The third-order valence-corrected chi connectivity index (χ3v) is 3.94. The summed E-state index contributed by atoms with van der Waals surface area (Å²) in [4.78, 5) is 0. The monoisotopic (exact) mass is 264 g/mol. The van der Waals surface area contributed by atoms with Gasteiger partial charge >= 0.3 is 94.4 Å². The van der Waals surface area contributed by atoms with Gasteiger partial charge in [-0.25, -0.2) is 0 Å². The second kappa shape index (κ2) is 11.1. The van der Waals surface area contributed by atoms with Crippen molar-refractivity contribution in [3.8, 4) is 0 Å². The quantitative estimate of drug-likeness (QED) is 0.270. The van der Waals surface area contributed by atoms with Gasteiger partial charge in [-0.2, -0.15) is 0 Å². The second-order valence-electron chi connectivity index (χ2n) is 3.69. The molecule has 0 heterocycles. The summed E-state index contributed by atoms with van der Waals surface area (Å²) in [6.07, 6.45) is 10.9. The Morgan fingerprint density at radius 3 is 2.00 bits per heavy atom. The number of amidine groups is 1. The molecule has 0 aliphatic heterocycles. The molecule has 84 valence electrons. The first kappa shape index (κ1) is 14.0. The number of rotatable bonds is 10. The van der Waals surface area contributed by atoms with Gasteiger partial charge in [-0.3, -0.25) is 0 Å². The van der Waals surface area contributed by atoms with Crippen molar-refractivity contribution < 1.29 is 0 Å². The molecule has 0 saturated carbocycles. The molecule has 0 spiro atoms. The molecule has 2 nitrogen and oxygen atoms in total. The zero-order chi connectivity index (χ0) is 10.6. The van der Waals surface area contributed by atoms with E-state index in [2.05, 4.69) is 6.92 Å². The Hall–Kier alpha value is -0.0105. The van der Waals surface area contributed by atoms with E-state index in [1.807, 2.05) is 0 Å². The Labute approximate surface area is 94.7 Å². The van der Waals surface area contributed by atoms with E-state index in [4.69, 9.17) is 11.1 Å². The van der Waals surface area contributed by atoms with E-state index in [9.17, 15) is 0 Å². The minimum atomic E-state index is 0.280. The molecule has 0 radical (unpaired) electrons. The molecule has 0 unspecified atom stereocenters. The number of nitrogens with two attached hydrogens (primary N) is 1. The number of unbranched alkanes of at least 4 members (excludes halogenated alkanes) is 7. The van der Waals surface area contributed by atoms with E-state index in [-0.39, 0.29) is 15.0 Å². The maximum absolute atomic E-state index is 7.09. The molecule has 0 aliphatic carbocycles. The van der Waals surface area contributed by atoms with E-state index < -0.39 is 0 Å². The van der Waals surface area contributed by atoms with Crippen molar-refractivity contribution in [2.24, 2.45) is 5.73 Å². The van der Waals surface area contributed by atoms with Crippen molar-refractivity contribution in [1.29, 1.82) is 5.41 Å². The first-order valence-corrected chi connectivity index (χ1v) is 7.81. The number of nitrogens with one attached hydrogen (secondary N) is 1. The van der Waals surface area contributed by atoms with Crippen molar-refractivity contribution in [3.63, 3.8) is 0 Å². The molecule has 0 aromatic carbocycles. The van der Waals surface area contributed by atoms with Crippen molar-refractivity contribution in [2.75, 3.05) is 0 Å². The average molecular weight is 263 g/mol. The average Bonchev–Trinajstić information content (AvgIpc) is 2.15. The zero-order valence-electron chi connectivity index (χ0n) is 9.35. The van der Waals surface area contributed by atoms with Crippen LogP contribution >= 0.6 is 0 Å². The van der Waals surface area contributed by atoms with Crippen LogP contribution < -0.4 is 5.73 Å². The number of hydrogen-bond donors (Lipinski definition) is 2. The van der Waals surface area contributed by atoms with Crippen molar-refractivity contribution in [1.82, 2.24) is 0 Å². The Kier molecular flexibility index (Phi) is 11.1. The second-order valence-corrected chi connectivity index (χ2v) is 6.07. The van der Waals surface area contributed by atoms with Crippen LogP contribution in [-0.4, -0.2) is 19.7 Å². The molecule has 0 rings (SSSR count). The Bertz CT molecular complexity index is 137. The van der Waals surface area contributed by atoms with Gasteiger partial charge < -0.3 is 0 Å². The van der Waals surface area contributed by atoms with Crippen LogP contribution in [0.25, 0.3) is 0 Å². The van der Waals surface area contributed by atoms with Crippen LogP contribution in [0.2, 0.25) is 5.32 Å². The predicted octanol–water partition coefficient (Wildman–Crippen LogP) is 3.14. The van der Waals surface area contributed by atoms with Crippen LogP contribution in [0.5, 0.6) is 0 Å². The van der Waals surface area contributed by atoms with Crippen LogP contribution in [0.1, 0.15) is 58.3 Å². The predicted molar refractivity (Wildman–Crippen MR) is 65.1 cm³/mol. The van der Waals surface area contributed by atoms with Crippen LogP contribution in [0.4, 0.5) is 0 Å². The Balaban J connectivity index is 2.88. The topological polar surface area (TPSA) is 49.9 Å². The van der Waals surface area contributed by atoms with E-state index in [1.165, 1.54) is 51.4 Å². The number of hydrogen-bond acceptors (Lipinski definition) is 1. The standard InChI is InChI=1S/C11H24N2Se/c1-2-3-4-5-6-7-8-9-10-14-11(12)13/h2-10H2,1H3,(H3,12,13). The summed E-state index contributed by atoms with van der Waals surface area (Å²) >= 11 is 0.280. The minimum absolute atomic E-state index is 0.280. The summed E-state index contributed by atoms with van der Waals surface area (Å²) in [5.74, 6) is 0. The van der Waals surface area contributed by atoms with Crippen LogP contribution in [-0.2, 0) is 0 Å². The Morgan fingerprint density at radius 2 is 1.50 bits per heavy atom. The normalized spacial score (nSPS) is 10.4. The van der Waals surface area contributed by atoms with Crippen LogP contribution in [0, 0.1) is 5.41 Å². The van der Waals surface area contributed by atoms with Gasteiger partial charge in [0.2, 0.25) is 0 Å².